The van der Waals surface area contributed by atoms with Gasteiger partial charge in [0.25, 0.3) is 0 Å². The number of nitrogens with zero attached hydrogens (tertiary/aromatic N) is 1. The molecule has 0 heterocycles. The van der Waals surface area contributed by atoms with Gasteiger partial charge in [-0.2, -0.15) is 0 Å². The van der Waals surface area contributed by atoms with Crippen LogP contribution in [-0.2, 0) is 9.13 Å². The molecule has 74 valence electrons. The highest BCUT2D eigenvalue weighted by Crippen LogP contribution is 2.50. The van der Waals surface area contributed by atoms with E-state index in [-0.39, 0.29) is 0 Å². The molecule has 0 saturated carbocycles. The molecule has 0 aliphatic carbocycles. The van der Waals surface area contributed by atoms with Gasteiger partial charge in [0, 0.05) is 0 Å². The van der Waals surface area contributed by atoms with Crippen molar-refractivity contribution >= 4 is 15.2 Å². The molecule has 0 aromatic heterocycles. The van der Waals surface area contributed by atoms with E-state index in [1.807, 2.05) is 0 Å². The van der Waals surface area contributed by atoms with Gasteiger partial charge in [0.2, 0.25) is 0 Å². The maximum Gasteiger partial charge on any atom is 0.0643 e. The molecule has 0 fully saturated rings. The predicted octanol–water partition coefficient (Wildman–Crippen LogP) is -3.34. The second-order valence-electron chi connectivity index (χ2n) is 2.39. The van der Waals surface area contributed by atoms with Crippen molar-refractivity contribution in [1.29, 1.82) is 0 Å². The van der Waals surface area contributed by atoms with Gasteiger partial charge < -0.3 is 28.7 Å². The zero-order valence-electron chi connectivity index (χ0n) is 6.37. The van der Waals surface area contributed by atoms with Crippen molar-refractivity contribution in [3.63, 3.8) is 0 Å². The first-order valence-electron chi connectivity index (χ1n) is 2.76. The zero-order chi connectivity index (χ0) is 10.2. The molecule has 9 heteroatoms. The Morgan fingerprint density at radius 3 is 1.25 bits per heavy atom. The summed E-state index contributed by atoms with van der Waals surface area (Å²) in [5.41, 5.74) is -2.50. The van der Waals surface area contributed by atoms with Crippen molar-refractivity contribution in [2.75, 3.05) is 14.1 Å². The minimum Gasteiger partial charge on any atom is -0.809 e. The molecule has 0 amide bonds. The third-order valence-electron chi connectivity index (χ3n) is 1.03. The van der Waals surface area contributed by atoms with E-state index in [0.717, 1.165) is 14.1 Å². The highest BCUT2D eigenvalue weighted by molar-refractivity contribution is 7.67. The quantitative estimate of drug-likeness (QED) is 0.449. The summed E-state index contributed by atoms with van der Waals surface area (Å²) in [5, 5.41) is 0. The Morgan fingerprint density at radius 2 is 1.25 bits per heavy atom. The Hall–Kier alpha value is 0.260. The molecule has 7 nitrogen and oxygen atoms in total. The monoisotopic (exact) mass is 215 g/mol. The van der Waals surface area contributed by atoms with Crippen molar-refractivity contribution < 1.29 is 28.7 Å². The summed E-state index contributed by atoms with van der Waals surface area (Å²) in [7, 11) is -8.78. The normalized spacial score (nSPS) is 14.3. The fraction of sp³-hybridized carbons (Fsp3) is 1.00. The summed E-state index contributed by atoms with van der Waals surface area (Å²) in [6, 6.07) is 0. The largest absolute Gasteiger partial charge is 0.809 e. The van der Waals surface area contributed by atoms with E-state index in [0.29, 0.717) is 4.90 Å². The SMILES string of the molecule is CN(C)C(P(=O)([O-])[O-])P(=O)([O-])[O-]. The first-order valence-corrected chi connectivity index (χ1v) is 5.99. The third kappa shape index (κ3) is 3.33. The molecule has 0 aliphatic rings. The first-order chi connectivity index (χ1) is 5.07. The average Bonchev–Trinajstić information content (AvgIpc) is 1.49. The molecule has 0 unspecified atom stereocenters. The molecule has 0 aliphatic heterocycles. The summed E-state index contributed by atoms with van der Waals surface area (Å²) in [6.07, 6.45) is 0. The van der Waals surface area contributed by atoms with Crippen LogP contribution in [0, 0.1) is 0 Å². The van der Waals surface area contributed by atoms with E-state index in [2.05, 4.69) is 0 Å². The van der Waals surface area contributed by atoms with E-state index >= 15 is 0 Å². The molecule has 0 bridgehead atoms. The topological polar surface area (TPSA) is 130 Å². The van der Waals surface area contributed by atoms with Gasteiger partial charge in [-0.15, -0.1) is 0 Å². The van der Waals surface area contributed by atoms with Crippen molar-refractivity contribution in [2.24, 2.45) is 0 Å². The van der Waals surface area contributed by atoms with Gasteiger partial charge in [0.05, 0.1) is 5.52 Å². The Labute approximate surface area is 69.3 Å². The van der Waals surface area contributed by atoms with Gasteiger partial charge in [-0.3, -0.25) is 4.90 Å². The molecule has 0 aromatic rings. The van der Waals surface area contributed by atoms with Gasteiger partial charge >= 0.3 is 0 Å². The van der Waals surface area contributed by atoms with Gasteiger partial charge in [0.1, 0.15) is 0 Å². The van der Waals surface area contributed by atoms with Crippen LogP contribution in [0.25, 0.3) is 0 Å². The summed E-state index contributed by atoms with van der Waals surface area (Å²) in [6.45, 7) is 0. The molecule has 0 atom stereocenters. The lowest BCUT2D eigenvalue weighted by molar-refractivity contribution is -0.333. The summed E-state index contributed by atoms with van der Waals surface area (Å²) in [5.74, 6) is 0. The standard InChI is InChI=1S/C3H11NO6P2/c1-4(2)3(11(5,6)7)12(8,9)10/h3H,1-2H3,(H2,5,6,7)(H2,8,9,10)/p-4. The lowest BCUT2D eigenvalue weighted by Crippen LogP contribution is -2.42. The van der Waals surface area contributed by atoms with Gasteiger partial charge in [0.15, 0.2) is 0 Å². The van der Waals surface area contributed by atoms with Crippen molar-refractivity contribution in [1.82, 2.24) is 4.90 Å². The Bertz CT molecular complexity index is 217. The van der Waals surface area contributed by atoms with E-state index in [1.54, 1.807) is 0 Å². The van der Waals surface area contributed by atoms with Crippen LogP contribution in [0.2, 0.25) is 0 Å². The number of hydrogen-bond acceptors (Lipinski definition) is 7. The summed E-state index contributed by atoms with van der Waals surface area (Å²) in [4.78, 5) is 41.7. The van der Waals surface area contributed by atoms with Crippen LogP contribution in [-0.4, -0.2) is 24.5 Å². The molecule has 0 radical (unpaired) electrons. The lowest BCUT2D eigenvalue weighted by Gasteiger charge is -2.51. The van der Waals surface area contributed by atoms with Crippen LogP contribution < -0.4 is 19.6 Å². The van der Waals surface area contributed by atoms with Gasteiger partial charge in [-0.1, -0.05) is 0 Å². The van der Waals surface area contributed by atoms with Crippen LogP contribution in [0.15, 0.2) is 0 Å². The van der Waals surface area contributed by atoms with E-state index < -0.39 is 20.7 Å². The van der Waals surface area contributed by atoms with E-state index in [1.165, 1.54) is 0 Å². The lowest BCUT2D eigenvalue weighted by atomic mass is 11.0. The molecule has 12 heavy (non-hydrogen) atoms. The fourth-order valence-electron chi connectivity index (χ4n) is 0.739. The molecule has 0 spiro atoms. The fourth-order valence-corrected chi connectivity index (χ4v) is 3.26. The summed E-state index contributed by atoms with van der Waals surface area (Å²) >= 11 is 0. The minimum absolute atomic E-state index is 0.557. The molecule has 0 N–H and O–H groups in total. The second kappa shape index (κ2) is 3.55. The second-order valence-corrected chi connectivity index (χ2v) is 5.93. The maximum atomic E-state index is 10.3. The summed E-state index contributed by atoms with van der Waals surface area (Å²) < 4.78 is 20.6. The Kier molecular flexibility index (Phi) is 3.63. The molecular weight excluding hydrogens is 208 g/mol. The molecule has 0 rings (SSSR count). The molecule has 0 saturated heterocycles. The first kappa shape index (κ1) is 12.3. The van der Waals surface area contributed by atoms with Crippen molar-refractivity contribution in [3.8, 4) is 0 Å². The third-order valence-corrected chi connectivity index (χ3v) is 4.78. The van der Waals surface area contributed by atoms with Gasteiger partial charge in [-0.25, -0.2) is 0 Å². The van der Waals surface area contributed by atoms with Crippen molar-refractivity contribution in [3.05, 3.63) is 0 Å². The van der Waals surface area contributed by atoms with Crippen LogP contribution in [0.5, 0.6) is 0 Å². The van der Waals surface area contributed by atoms with Crippen LogP contribution in [0.1, 0.15) is 0 Å². The highest BCUT2D eigenvalue weighted by Gasteiger charge is 2.18. The minimum atomic E-state index is -5.42. The smallest absolute Gasteiger partial charge is 0.0643 e. The predicted molar refractivity (Wildman–Crippen MR) is 32.7 cm³/mol. The van der Waals surface area contributed by atoms with Crippen LogP contribution in [0.4, 0.5) is 0 Å². The van der Waals surface area contributed by atoms with Crippen LogP contribution >= 0.6 is 15.2 Å². The molecule has 0 aromatic carbocycles. The zero-order valence-corrected chi connectivity index (χ0v) is 8.16. The Morgan fingerprint density at radius 1 is 1.00 bits per heavy atom. The molecular formula is C3H7NO6P2-4. The van der Waals surface area contributed by atoms with Crippen LogP contribution in [0.3, 0.4) is 0 Å². The maximum absolute atomic E-state index is 10.3. The van der Waals surface area contributed by atoms with Crippen molar-refractivity contribution in [2.45, 2.75) is 5.52 Å². The van der Waals surface area contributed by atoms with Gasteiger partial charge in [-0.05, 0) is 29.3 Å². The highest BCUT2D eigenvalue weighted by atomic mass is 31.2. The number of hydrogen-bond donors (Lipinski definition) is 0. The van der Waals surface area contributed by atoms with E-state index in [4.69, 9.17) is 0 Å². The van der Waals surface area contributed by atoms with E-state index in [9.17, 15) is 28.7 Å². The average molecular weight is 215 g/mol. The Balaban J connectivity index is 4.97. The number of rotatable bonds is 3.